The number of aliphatic carboxylic acids is 1. The molecular weight excluding hydrogens is 222 g/mol. The number of hydrogen-bond acceptors (Lipinski definition) is 4. The van der Waals surface area contributed by atoms with Gasteiger partial charge in [-0.3, -0.25) is 4.79 Å². The zero-order valence-corrected chi connectivity index (χ0v) is 9.62. The molecule has 0 aromatic rings. The van der Waals surface area contributed by atoms with Crippen molar-refractivity contribution in [1.29, 1.82) is 0 Å². The lowest BCUT2D eigenvalue weighted by atomic mass is 10.2. The molecule has 0 saturated heterocycles. The summed E-state index contributed by atoms with van der Waals surface area (Å²) in [6.07, 6.45) is 0.952. The van der Waals surface area contributed by atoms with Gasteiger partial charge in [-0.2, -0.15) is 0 Å². The second-order valence-electron chi connectivity index (χ2n) is 3.41. The normalized spacial score (nSPS) is 15.9. The molecule has 6 nitrogen and oxygen atoms in total. The first-order valence-corrected chi connectivity index (χ1v) is 6.20. The maximum atomic E-state index is 11.4. The van der Waals surface area contributed by atoms with E-state index in [1.807, 2.05) is 0 Å². The smallest absolute Gasteiger partial charge is 0.323 e. The molecule has 0 spiro atoms. The third-order valence-corrected chi connectivity index (χ3v) is 3.84. The van der Waals surface area contributed by atoms with E-state index in [4.69, 9.17) is 10.2 Å². The topological polar surface area (TPSA) is 104 Å². The summed E-state index contributed by atoms with van der Waals surface area (Å²) in [6.45, 7) is 2.73. The minimum absolute atomic E-state index is 0.0133. The Balaban J connectivity index is 4.32. The molecule has 0 rings (SSSR count). The Labute approximate surface area is 89.4 Å². The van der Waals surface area contributed by atoms with Crippen molar-refractivity contribution >= 4 is 16.0 Å². The van der Waals surface area contributed by atoms with Gasteiger partial charge in [0.25, 0.3) is 0 Å². The molecule has 2 atom stereocenters. The van der Waals surface area contributed by atoms with Crippen molar-refractivity contribution in [3.63, 3.8) is 0 Å². The molecule has 0 amide bonds. The van der Waals surface area contributed by atoms with E-state index in [2.05, 4.69) is 4.72 Å². The van der Waals surface area contributed by atoms with Crippen molar-refractivity contribution in [1.82, 2.24) is 4.72 Å². The van der Waals surface area contributed by atoms with Crippen LogP contribution in [0, 0.1) is 0 Å². The highest BCUT2D eigenvalue weighted by atomic mass is 32.2. The molecule has 0 fully saturated rings. The molecule has 0 aliphatic carbocycles. The summed E-state index contributed by atoms with van der Waals surface area (Å²) in [5.74, 6) is -1.38. The second kappa shape index (κ2) is 6.04. The molecule has 0 aromatic carbocycles. The Bertz CT molecular complexity index is 300. The van der Waals surface area contributed by atoms with Gasteiger partial charge < -0.3 is 10.2 Å². The van der Waals surface area contributed by atoms with Gasteiger partial charge in [-0.05, 0) is 26.7 Å². The second-order valence-corrected chi connectivity index (χ2v) is 5.44. The van der Waals surface area contributed by atoms with Gasteiger partial charge in [0, 0.05) is 12.6 Å². The van der Waals surface area contributed by atoms with Crippen molar-refractivity contribution in [2.45, 2.75) is 38.0 Å². The monoisotopic (exact) mass is 239 g/mol. The van der Waals surface area contributed by atoms with Crippen LogP contribution in [0.2, 0.25) is 0 Å². The van der Waals surface area contributed by atoms with Crippen LogP contribution in [-0.2, 0) is 14.8 Å². The number of sulfonamides is 1. The molecule has 7 heteroatoms. The number of aliphatic hydroxyl groups is 1. The first-order valence-electron chi connectivity index (χ1n) is 4.66. The van der Waals surface area contributed by atoms with E-state index >= 15 is 0 Å². The first-order chi connectivity index (χ1) is 6.81. The maximum Gasteiger partial charge on any atom is 0.323 e. The van der Waals surface area contributed by atoms with Crippen LogP contribution >= 0.6 is 0 Å². The summed E-state index contributed by atoms with van der Waals surface area (Å²) in [7, 11) is -3.82. The van der Waals surface area contributed by atoms with Crippen molar-refractivity contribution in [3.05, 3.63) is 0 Å². The third-order valence-electron chi connectivity index (χ3n) is 1.97. The molecule has 90 valence electrons. The lowest BCUT2D eigenvalue weighted by Gasteiger charge is -2.15. The summed E-state index contributed by atoms with van der Waals surface area (Å²) >= 11 is 0. The fourth-order valence-electron chi connectivity index (χ4n) is 0.972. The van der Waals surface area contributed by atoms with Crippen LogP contribution < -0.4 is 4.72 Å². The molecule has 3 N–H and O–H groups in total. The maximum absolute atomic E-state index is 11.4. The average Bonchev–Trinajstić information content (AvgIpc) is 2.12. The van der Waals surface area contributed by atoms with Gasteiger partial charge in [0.2, 0.25) is 10.0 Å². The number of aliphatic hydroxyl groups excluding tert-OH is 1. The fourth-order valence-corrected chi connectivity index (χ4v) is 2.12. The van der Waals surface area contributed by atoms with Crippen molar-refractivity contribution in [3.8, 4) is 0 Å². The van der Waals surface area contributed by atoms with Gasteiger partial charge in [0.1, 0.15) is 0 Å². The Morgan fingerprint density at radius 3 is 2.33 bits per heavy atom. The molecule has 0 bridgehead atoms. The Hall–Kier alpha value is -0.660. The van der Waals surface area contributed by atoms with E-state index in [0.29, 0.717) is 12.8 Å². The predicted octanol–water partition coefficient (Wildman–Crippen LogP) is -0.460. The summed E-state index contributed by atoms with van der Waals surface area (Å²) < 4.78 is 25.0. The largest absolute Gasteiger partial charge is 0.480 e. The Kier molecular flexibility index (Phi) is 5.77. The van der Waals surface area contributed by atoms with Crippen LogP contribution in [0.3, 0.4) is 0 Å². The Morgan fingerprint density at radius 1 is 1.40 bits per heavy atom. The highest BCUT2D eigenvalue weighted by Crippen LogP contribution is 2.03. The van der Waals surface area contributed by atoms with Gasteiger partial charge >= 0.3 is 5.97 Å². The zero-order valence-electron chi connectivity index (χ0n) is 8.80. The number of hydrogen-bond donors (Lipinski definition) is 3. The summed E-state index contributed by atoms with van der Waals surface area (Å²) in [5, 5.41) is 15.6. The SMILES string of the molecule is CC(CCCO)NS(=O)(=O)C(C)C(=O)O. The van der Waals surface area contributed by atoms with Gasteiger partial charge in [0.05, 0.1) is 0 Å². The minimum Gasteiger partial charge on any atom is -0.480 e. The number of rotatable bonds is 7. The van der Waals surface area contributed by atoms with Gasteiger partial charge in [0.15, 0.2) is 5.25 Å². The van der Waals surface area contributed by atoms with Crippen LogP contribution in [-0.4, -0.2) is 42.5 Å². The quantitative estimate of drug-likeness (QED) is 0.557. The van der Waals surface area contributed by atoms with Crippen LogP contribution in [0.15, 0.2) is 0 Å². The number of carboxylic acid groups (broad SMARTS) is 1. The summed E-state index contributed by atoms with van der Waals surface area (Å²) in [5.41, 5.74) is 0. The standard InChI is InChI=1S/C8H17NO5S/c1-6(4-3-5-10)9-15(13,14)7(2)8(11)12/h6-7,9-10H,3-5H2,1-2H3,(H,11,12). The molecule has 0 aromatic heterocycles. The molecule has 0 aliphatic rings. The molecule has 2 unspecified atom stereocenters. The van der Waals surface area contributed by atoms with Gasteiger partial charge in [-0.1, -0.05) is 0 Å². The minimum atomic E-state index is -3.82. The lowest BCUT2D eigenvalue weighted by Crippen LogP contribution is -2.41. The van der Waals surface area contributed by atoms with Gasteiger partial charge in [-0.25, -0.2) is 13.1 Å². The van der Waals surface area contributed by atoms with Crippen LogP contribution in [0.4, 0.5) is 0 Å². The van der Waals surface area contributed by atoms with Crippen molar-refractivity contribution < 1.29 is 23.4 Å². The van der Waals surface area contributed by atoms with Crippen LogP contribution in [0.1, 0.15) is 26.7 Å². The fraction of sp³-hybridized carbons (Fsp3) is 0.875. The van der Waals surface area contributed by atoms with Crippen molar-refractivity contribution in [2.24, 2.45) is 0 Å². The van der Waals surface area contributed by atoms with E-state index in [1.54, 1.807) is 6.92 Å². The number of carbonyl (C=O) groups is 1. The molecule has 0 radical (unpaired) electrons. The summed E-state index contributed by atoms with van der Waals surface area (Å²) in [6, 6.07) is -0.371. The van der Waals surface area contributed by atoms with E-state index in [9.17, 15) is 13.2 Å². The molecule has 0 aliphatic heterocycles. The first kappa shape index (κ1) is 14.3. The number of carboxylic acids is 1. The number of nitrogens with one attached hydrogen (secondary N) is 1. The average molecular weight is 239 g/mol. The molecule has 0 heterocycles. The van der Waals surface area contributed by atoms with Crippen LogP contribution in [0.25, 0.3) is 0 Å². The van der Waals surface area contributed by atoms with E-state index in [-0.39, 0.29) is 12.6 Å². The molecule has 15 heavy (non-hydrogen) atoms. The summed E-state index contributed by atoms with van der Waals surface area (Å²) in [4.78, 5) is 10.5. The van der Waals surface area contributed by atoms with E-state index in [1.165, 1.54) is 0 Å². The van der Waals surface area contributed by atoms with Crippen LogP contribution in [0.5, 0.6) is 0 Å². The third kappa shape index (κ3) is 5.10. The predicted molar refractivity (Wildman–Crippen MR) is 54.9 cm³/mol. The molecule has 0 saturated carbocycles. The highest BCUT2D eigenvalue weighted by molar-refractivity contribution is 7.90. The van der Waals surface area contributed by atoms with Gasteiger partial charge in [-0.15, -0.1) is 0 Å². The highest BCUT2D eigenvalue weighted by Gasteiger charge is 2.28. The van der Waals surface area contributed by atoms with Crippen molar-refractivity contribution in [2.75, 3.05) is 6.61 Å². The lowest BCUT2D eigenvalue weighted by molar-refractivity contribution is -0.136. The zero-order chi connectivity index (χ0) is 12.1. The Morgan fingerprint density at radius 2 is 1.93 bits per heavy atom. The van der Waals surface area contributed by atoms with E-state index < -0.39 is 21.2 Å². The molecular formula is C8H17NO5S. The van der Waals surface area contributed by atoms with E-state index in [0.717, 1.165) is 6.92 Å².